The van der Waals surface area contributed by atoms with E-state index in [0.29, 0.717) is 5.56 Å². The second kappa shape index (κ2) is 9.36. The van der Waals surface area contributed by atoms with Gasteiger partial charge in [0.25, 0.3) is 5.91 Å². The van der Waals surface area contributed by atoms with E-state index in [4.69, 9.17) is 5.11 Å². The maximum atomic E-state index is 14.3. The third kappa shape index (κ3) is 5.43. The normalized spacial score (nSPS) is 11.9. The van der Waals surface area contributed by atoms with E-state index in [2.05, 4.69) is 10.2 Å². The van der Waals surface area contributed by atoms with Crippen LogP contribution in [-0.2, 0) is 11.3 Å². The number of halogens is 3. The molecule has 1 atom stereocenters. The number of hydrogen-bond donors (Lipinski definition) is 4. The number of nitrogens with one attached hydrogen (secondary N) is 2. The molecule has 27 heavy (non-hydrogen) atoms. The van der Waals surface area contributed by atoms with Crippen molar-refractivity contribution in [1.82, 2.24) is 5.48 Å². The number of aliphatic hydroxyl groups excluding tert-OH is 2. The highest BCUT2D eigenvalue weighted by Crippen LogP contribution is 2.28. The first-order valence-corrected chi connectivity index (χ1v) is 8.08. The van der Waals surface area contributed by atoms with Gasteiger partial charge in [-0.15, -0.1) is 0 Å². The minimum Gasteiger partial charge on any atom is -0.394 e. The fourth-order valence-corrected chi connectivity index (χ4v) is 2.34. The van der Waals surface area contributed by atoms with Crippen LogP contribution in [0.4, 0.5) is 24.5 Å². The van der Waals surface area contributed by atoms with Crippen LogP contribution < -0.4 is 10.8 Å². The van der Waals surface area contributed by atoms with Gasteiger partial charge in [-0.1, -0.05) is 6.07 Å². The standard InChI is InChI=1S/C18H19F3N2O4/c1-10(25)8-11-2-5-15(14(20)9-11)22-17-12(3-4-13(19)16(17)21)18(26)23-27-7-6-24/h2-5,9-10,22,24-25H,6-8H2,1H3,(H,23,26). The molecule has 0 aromatic heterocycles. The van der Waals surface area contributed by atoms with Gasteiger partial charge >= 0.3 is 0 Å². The summed E-state index contributed by atoms with van der Waals surface area (Å²) in [5.74, 6) is -4.26. The van der Waals surface area contributed by atoms with E-state index in [-0.39, 0.29) is 30.9 Å². The van der Waals surface area contributed by atoms with Crippen molar-refractivity contribution in [3.8, 4) is 0 Å². The van der Waals surface area contributed by atoms with Gasteiger partial charge in [0.2, 0.25) is 0 Å². The summed E-state index contributed by atoms with van der Waals surface area (Å²) in [6.07, 6.45) is -0.445. The zero-order chi connectivity index (χ0) is 20.0. The Morgan fingerprint density at radius 2 is 1.93 bits per heavy atom. The molecular weight excluding hydrogens is 365 g/mol. The number of aliphatic hydroxyl groups is 2. The smallest absolute Gasteiger partial charge is 0.277 e. The average Bonchev–Trinajstić information content (AvgIpc) is 2.60. The van der Waals surface area contributed by atoms with Crippen LogP contribution in [0.2, 0.25) is 0 Å². The second-order valence-corrected chi connectivity index (χ2v) is 5.78. The first-order valence-electron chi connectivity index (χ1n) is 8.08. The third-order valence-corrected chi connectivity index (χ3v) is 3.52. The molecule has 2 rings (SSSR count). The van der Waals surface area contributed by atoms with Gasteiger partial charge < -0.3 is 15.5 Å². The summed E-state index contributed by atoms with van der Waals surface area (Å²) in [5.41, 5.74) is 1.42. The SMILES string of the molecule is CC(O)Cc1ccc(Nc2c(C(=O)NOCCO)ccc(F)c2F)c(F)c1. The third-order valence-electron chi connectivity index (χ3n) is 3.52. The molecule has 0 fully saturated rings. The molecule has 0 spiro atoms. The largest absolute Gasteiger partial charge is 0.394 e. The van der Waals surface area contributed by atoms with E-state index in [1.54, 1.807) is 6.92 Å². The lowest BCUT2D eigenvalue weighted by Crippen LogP contribution is -2.26. The van der Waals surface area contributed by atoms with Crippen LogP contribution in [-0.4, -0.2) is 35.4 Å². The minimum atomic E-state index is -1.36. The van der Waals surface area contributed by atoms with Crippen molar-refractivity contribution in [2.45, 2.75) is 19.4 Å². The van der Waals surface area contributed by atoms with E-state index >= 15 is 0 Å². The number of carbonyl (C=O) groups excluding carboxylic acids is 1. The van der Waals surface area contributed by atoms with Gasteiger partial charge in [0.05, 0.1) is 36.3 Å². The summed E-state index contributed by atoms with van der Waals surface area (Å²) in [4.78, 5) is 16.7. The number of hydroxylamine groups is 1. The number of anilines is 2. The van der Waals surface area contributed by atoms with Crippen molar-refractivity contribution >= 4 is 17.3 Å². The highest BCUT2D eigenvalue weighted by atomic mass is 19.2. The predicted molar refractivity (Wildman–Crippen MR) is 91.9 cm³/mol. The van der Waals surface area contributed by atoms with Crippen LogP contribution >= 0.6 is 0 Å². The fourth-order valence-electron chi connectivity index (χ4n) is 2.34. The Bertz CT molecular complexity index is 815. The Balaban J connectivity index is 2.32. The topological polar surface area (TPSA) is 90.8 Å². The summed E-state index contributed by atoms with van der Waals surface area (Å²) >= 11 is 0. The van der Waals surface area contributed by atoms with Gasteiger partial charge in [-0.25, -0.2) is 18.7 Å². The van der Waals surface area contributed by atoms with Gasteiger partial charge in [-0.3, -0.25) is 9.63 Å². The highest BCUT2D eigenvalue weighted by Gasteiger charge is 2.20. The van der Waals surface area contributed by atoms with Crippen LogP contribution in [0.1, 0.15) is 22.8 Å². The van der Waals surface area contributed by atoms with Crippen molar-refractivity contribution in [1.29, 1.82) is 0 Å². The first kappa shape index (κ1) is 20.7. The lowest BCUT2D eigenvalue weighted by molar-refractivity contribution is 0.0168. The van der Waals surface area contributed by atoms with Crippen LogP contribution in [0, 0.1) is 17.5 Å². The zero-order valence-electron chi connectivity index (χ0n) is 14.4. The molecule has 0 aliphatic rings. The maximum Gasteiger partial charge on any atom is 0.277 e. The zero-order valence-corrected chi connectivity index (χ0v) is 14.4. The maximum absolute atomic E-state index is 14.3. The van der Waals surface area contributed by atoms with Crippen LogP contribution in [0.25, 0.3) is 0 Å². The first-order chi connectivity index (χ1) is 12.8. The van der Waals surface area contributed by atoms with Gasteiger partial charge in [-0.2, -0.15) is 0 Å². The van der Waals surface area contributed by atoms with Gasteiger partial charge in [0.15, 0.2) is 11.6 Å². The lowest BCUT2D eigenvalue weighted by Gasteiger charge is -2.15. The molecule has 1 unspecified atom stereocenters. The second-order valence-electron chi connectivity index (χ2n) is 5.78. The molecule has 0 aliphatic carbocycles. The molecule has 1 amide bonds. The summed E-state index contributed by atoms with van der Waals surface area (Å²) < 4.78 is 42.1. The average molecular weight is 384 g/mol. The van der Waals surface area contributed by atoms with E-state index in [1.807, 2.05) is 5.48 Å². The van der Waals surface area contributed by atoms with E-state index in [1.165, 1.54) is 12.1 Å². The number of hydrogen-bond acceptors (Lipinski definition) is 5. The summed E-state index contributed by atoms with van der Waals surface area (Å²) in [7, 11) is 0. The van der Waals surface area contributed by atoms with Gasteiger partial charge in [0.1, 0.15) is 5.82 Å². The molecule has 2 aromatic carbocycles. The number of carbonyl (C=O) groups is 1. The van der Waals surface area contributed by atoms with Gasteiger partial charge in [-0.05, 0) is 43.2 Å². The Labute approximate surface area is 153 Å². The molecule has 0 aliphatic heterocycles. The lowest BCUT2D eigenvalue weighted by atomic mass is 10.1. The van der Waals surface area contributed by atoms with Gasteiger partial charge in [0, 0.05) is 0 Å². The predicted octanol–water partition coefficient (Wildman–Crippen LogP) is 2.42. The Morgan fingerprint density at radius 1 is 1.19 bits per heavy atom. The summed E-state index contributed by atoms with van der Waals surface area (Å²) in [6.45, 7) is 1.00. The molecule has 0 radical (unpaired) electrons. The molecular formula is C18H19F3N2O4. The monoisotopic (exact) mass is 384 g/mol. The fraction of sp³-hybridized carbons (Fsp3) is 0.278. The number of benzene rings is 2. The van der Waals surface area contributed by atoms with E-state index in [9.17, 15) is 23.1 Å². The molecule has 0 heterocycles. The number of rotatable bonds is 8. The Hall–Kier alpha value is -2.62. The van der Waals surface area contributed by atoms with Crippen LogP contribution in [0.15, 0.2) is 30.3 Å². The van der Waals surface area contributed by atoms with Crippen molar-refractivity contribution in [3.05, 3.63) is 58.9 Å². The number of amides is 1. The molecule has 6 nitrogen and oxygen atoms in total. The Morgan fingerprint density at radius 3 is 2.56 bits per heavy atom. The molecule has 4 N–H and O–H groups in total. The summed E-state index contributed by atoms with van der Waals surface area (Å²) in [6, 6.07) is 5.72. The van der Waals surface area contributed by atoms with E-state index in [0.717, 1.165) is 18.2 Å². The minimum absolute atomic E-state index is 0.181. The quantitative estimate of drug-likeness (QED) is 0.415. The van der Waals surface area contributed by atoms with Crippen LogP contribution in [0.3, 0.4) is 0 Å². The van der Waals surface area contributed by atoms with Crippen molar-refractivity contribution in [3.63, 3.8) is 0 Å². The van der Waals surface area contributed by atoms with Crippen molar-refractivity contribution in [2.75, 3.05) is 18.5 Å². The van der Waals surface area contributed by atoms with E-state index < -0.39 is 35.2 Å². The summed E-state index contributed by atoms with van der Waals surface area (Å²) in [5, 5.41) is 20.4. The molecule has 9 heteroatoms. The molecule has 0 bridgehead atoms. The molecule has 0 saturated carbocycles. The molecule has 0 saturated heterocycles. The van der Waals surface area contributed by atoms with Crippen LogP contribution in [0.5, 0.6) is 0 Å². The highest BCUT2D eigenvalue weighted by molar-refractivity contribution is 5.99. The molecule has 146 valence electrons. The molecule has 2 aromatic rings. The Kier molecular flexibility index (Phi) is 7.17. The van der Waals surface area contributed by atoms with Crippen molar-refractivity contribution < 1.29 is 33.0 Å². The van der Waals surface area contributed by atoms with Crippen molar-refractivity contribution in [2.24, 2.45) is 0 Å².